The van der Waals surface area contributed by atoms with E-state index in [2.05, 4.69) is 9.88 Å². The van der Waals surface area contributed by atoms with Crippen molar-refractivity contribution >= 4 is 5.69 Å². The zero-order valence-electron chi connectivity index (χ0n) is 10.6. The second kappa shape index (κ2) is 5.02. The summed E-state index contributed by atoms with van der Waals surface area (Å²) >= 11 is 0. The van der Waals surface area contributed by atoms with Gasteiger partial charge in [-0.2, -0.15) is 0 Å². The normalized spacial score (nSPS) is 18.5. The van der Waals surface area contributed by atoms with E-state index in [0.717, 1.165) is 55.0 Å². The lowest BCUT2D eigenvalue weighted by atomic mass is 10.1. The number of likely N-dealkylation sites (tertiary alicyclic amines) is 1. The van der Waals surface area contributed by atoms with Gasteiger partial charge < -0.3 is 10.8 Å². The molecule has 2 rings (SSSR count). The highest BCUT2D eigenvalue weighted by Gasteiger charge is 2.18. The van der Waals surface area contributed by atoms with Crippen LogP contribution in [0.2, 0.25) is 0 Å². The van der Waals surface area contributed by atoms with E-state index >= 15 is 0 Å². The molecular weight excluding hydrogens is 214 g/mol. The lowest BCUT2D eigenvalue weighted by Gasteiger charge is -2.29. The molecule has 1 aliphatic rings. The molecule has 0 radical (unpaired) electrons. The summed E-state index contributed by atoms with van der Waals surface area (Å²) in [6.45, 7) is 6.73. The summed E-state index contributed by atoms with van der Waals surface area (Å²) in [7, 11) is 0. The molecule has 1 fully saturated rings. The molecule has 0 spiro atoms. The van der Waals surface area contributed by atoms with Gasteiger partial charge in [0.2, 0.25) is 0 Å². The number of aliphatic hydroxyl groups is 1. The molecule has 0 aliphatic carbocycles. The molecule has 1 aromatic heterocycles. The minimum atomic E-state index is -0.122. The lowest BCUT2D eigenvalue weighted by Crippen LogP contribution is -2.35. The average molecular weight is 235 g/mol. The fourth-order valence-electron chi connectivity index (χ4n) is 2.24. The van der Waals surface area contributed by atoms with Crippen molar-refractivity contribution in [3.8, 4) is 0 Å². The third-order valence-corrected chi connectivity index (χ3v) is 3.61. The standard InChI is InChI=1S/C13H21N3O/c1-9-7-15-12(10(2)13(9)14)8-16-5-3-11(17)4-6-16/h7,11,17H,3-6,8H2,1-2H3,(H2,14,15). The molecule has 0 aromatic carbocycles. The molecule has 0 atom stereocenters. The Morgan fingerprint density at radius 3 is 2.71 bits per heavy atom. The SMILES string of the molecule is Cc1cnc(CN2CCC(O)CC2)c(C)c1N. The third kappa shape index (κ3) is 2.76. The van der Waals surface area contributed by atoms with E-state index in [1.54, 1.807) is 0 Å². The number of piperidine rings is 1. The molecule has 17 heavy (non-hydrogen) atoms. The van der Waals surface area contributed by atoms with E-state index in [9.17, 15) is 5.11 Å². The molecule has 4 heteroatoms. The molecule has 0 bridgehead atoms. The molecule has 2 heterocycles. The molecule has 0 unspecified atom stereocenters. The van der Waals surface area contributed by atoms with Crippen LogP contribution in [-0.4, -0.2) is 34.2 Å². The maximum Gasteiger partial charge on any atom is 0.0593 e. The van der Waals surface area contributed by atoms with Gasteiger partial charge in [0.25, 0.3) is 0 Å². The monoisotopic (exact) mass is 235 g/mol. The van der Waals surface area contributed by atoms with Crippen molar-refractivity contribution in [2.75, 3.05) is 18.8 Å². The van der Waals surface area contributed by atoms with Crippen LogP contribution < -0.4 is 5.73 Å². The van der Waals surface area contributed by atoms with Gasteiger partial charge in [-0.3, -0.25) is 9.88 Å². The van der Waals surface area contributed by atoms with Crippen molar-refractivity contribution < 1.29 is 5.11 Å². The third-order valence-electron chi connectivity index (χ3n) is 3.61. The van der Waals surface area contributed by atoms with E-state index < -0.39 is 0 Å². The number of rotatable bonds is 2. The first-order chi connectivity index (χ1) is 8.08. The van der Waals surface area contributed by atoms with Crippen molar-refractivity contribution in [2.24, 2.45) is 0 Å². The van der Waals surface area contributed by atoms with Crippen LogP contribution in [0.1, 0.15) is 29.7 Å². The number of aliphatic hydroxyl groups excluding tert-OH is 1. The second-order valence-corrected chi connectivity index (χ2v) is 4.93. The number of nitrogens with two attached hydrogens (primary N) is 1. The Kier molecular flexibility index (Phi) is 3.64. The molecule has 1 aliphatic heterocycles. The average Bonchev–Trinajstić information content (AvgIpc) is 2.33. The predicted octanol–water partition coefficient (Wildman–Crippen LogP) is 1.24. The van der Waals surface area contributed by atoms with Gasteiger partial charge in [-0.1, -0.05) is 0 Å². The number of hydrogen-bond acceptors (Lipinski definition) is 4. The minimum Gasteiger partial charge on any atom is -0.398 e. The van der Waals surface area contributed by atoms with Crippen LogP contribution in [0, 0.1) is 13.8 Å². The Morgan fingerprint density at radius 2 is 2.06 bits per heavy atom. The van der Waals surface area contributed by atoms with E-state index in [1.165, 1.54) is 0 Å². The number of aryl methyl sites for hydroxylation is 1. The summed E-state index contributed by atoms with van der Waals surface area (Å²) < 4.78 is 0. The Hall–Kier alpha value is -1.13. The number of nitrogens with zero attached hydrogens (tertiary/aromatic N) is 2. The number of nitrogen functional groups attached to an aromatic ring is 1. The summed E-state index contributed by atoms with van der Waals surface area (Å²) in [5, 5.41) is 9.47. The van der Waals surface area contributed by atoms with Crippen molar-refractivity contribution in [3.05, 3.63) is 23.0 Å². The van der Waals surface area contributed by atoms with Gasteiger partial charge in [0.05, 0.1) is 11.8 Å². The molecule has 3 N–H and O–H groups in total. The minimum absolute atomic E-state index is 0.122. The first kappa shape index (κ1) is 12.3. The molecule has 94 valence electrons. The summed E-state index contributed by atoms with van der Waals surface area (Å²) in [6, 6.07) is 0. The van der Waals surface area contributed by atoms with Crippen LogP contribution in [0.15, 0.2) is 6.20 Å². The lowest BCUT2D eigenvalue weighted by molar-refractivity contribution is 0.0786. The van der Waals surface area contributed by atoms with E-state index in [-0.39, 0.29) is 6.10 Å². The summed E-state index contributed by atoms with van der Waals surface area (Å²) in [4.78, 5) is 6.80. The topological polar surface area (TPSA) is 62.4 Å². The van der Waals surface area contributed by atoms with Crippen molar-refractivity contribution in [2.45, 2.75) is 39.3 Å². The quantitative estimate of drug-likeness (QED) is 0.809. The molecule has 0 saturated carbocycles. The summed E-state index contributed by atoms with van der Waals surface area (Å²) in [5.41, 5.74) is 10.1. The fourth-order valence-corrected chi connectivity index (χ4v) is 2.24. The Labute approximate surface area is 102 Å². The second-order valence-electron chi connectivity index (χ2n) is 4.93. The Balaban J connectivity index is 2.06. The zero-order chi connectivity index (χ0) is 12.4. The maximum absolute atomic E-state index is 9.47. The predicted molar refractivity (Wildman–Crippen MR) is 68.6 cm³/mol. The van der Waals surface area contributed by atoms with Crippen LogP contribution in [0.4, 0.5) is 5.69 Å². The molecule has 1 aromatic rings. The van der Waals surface area contributed by atoms with Gasteiger partial charge in [-0.15, -0.1) is 0 Å². The zero-order valence-corrected chi connectivity index (χ0v) is 10.6. The summed E-state index contributed by atoms with van der Waals surface area (Å²) in [6.07, 6.45) is 3.44. The first-order valence-electron chi connectivity index (χ1n) is 6.19. The number of hydrogen-bond donors (Lipinski definition) is 2. The highest BCUT2D eigenvalue weighted by Crippen LogP contribution is 2.20. The molecule has 0 amide bonds. The molecular formula is C13H21N3O. The van der Waals surface area contributed by atoms with Crippen LogP contribution in [0.3, 0.4) is 0 Å². The Bertz CT molecular complexity index is 398. The van der Waals surface area contributed by atoms with Crippen LogP contribution >= 0.6 is 0 Å². The van der Waals surface area contributed by atoms with Crippen molar-refractivity contribution in [3.63, 3.8) is 0 Å². The first-order valence-corrected chi connectivity index (χ1v) is 6.19. The van der Waals surface area contributed by atoms with Crippen LogP contribution in [-0.2, 0) is 6.54 Å². The smallest absolute Gasteiger partial charge is 0.0593 e. The van der Waals surface area contributed by atoms with E-state index in [4.69, 9.17) is 5.73 Å². The van der Waals surface area contributed by atoms with E-state index in [1.807, 2.05) is 20.0 Å². The largest absolute Gasteiger partial charge is 0.398 e. The number of anilines is 1. The molecule has 4 nitrogen and oxygen atoms in total. The number of pyridine rings is 1. The van der Waals surface area contributed by atoms with Crippen molar-refractivity contribution in [1.82, 2.24) is 9.88 Å². The van der Waals surface area contributed by atoms with E-state index in [0.29, 0.717) is 0 Å². The van der Waals surface area contributed by atoms with Gasteiger partial charge in [0, 0.05) is 31.5 Å². The van der Waals surface area contributed by atoms with Crippen molar-refractivity contribution in [1.29, 1.82) is 0 Å². The summed E-state index contributed by atoms with van der Waals surface area (Å²) in [5.74, 6) is 0. The van der Waals surface area contributed by atoms with Gasteiger partial charge in [-0.05, 0) is 37.8 Å². The highest BCUT2D eigenvalue weighted by atomic mass is 16.3. The van der Waals surface area contributed by atoms with Gasteiger partial charge in [0.1, 0.15) is 0 Å². The van der Waals surface area contributed by atoms with Crippen LogP contribution in [0.25, 0.3) is 0 Å². The van der Waals surface area contributed by atoms with Gasteiger partial charge in [-0.25, -0.2) is 0 Å². The molecule has 1 saturated heterocycles. The fraction of sp³-hybridized carbons (Fsp3) is 0.615. The maximum atomic E-state index is 9.47. The number of aromatic nitrogens is 1. The van der Waals surface area contributed by atoms with Gasteiger partial charge in [0.15, 0.2) is 0 Å². The van der Waals surface area contributed by atoms with Gasteiger partial charge >= 0.3 is 0 Å². The van der Waals surface area contributed by atoms with Crippen LogP contribution in [0.5, 0.6) is 0 Å². The highest BCUT2D eigenvalue weighted by molar-refractivity contribution is 5.53. The Morgan fingerprint density at radius 1 is 1.41 bits per heavy atom.